The number of amides is 1. The van der Waals surface area contributed by atoms with Crippen molar-refractivity contribution in [2.75, 3.05) is 13.2 Å². The number of H-pyrrole nitrogens is 1. The molecule has 25 heavy (non-hydrogen) atoms. The van der Waals surface area contributed by atoms with Gasteiger partial charge in [-0.15, -0.1) is 0 Å². The van der Waals surface area contributed by atoms with Crippen LogP contribution in [0.25, 0.3) is 10.9 Å². The summed E-state index contributed by atoms with van der Waals surface area (Å²) in [5.74, 6) is -0.752. The quantitative estimate of drug-likeness (QED) is 0.388. The van der Waals surface area contributed by atoms with Crippen LogP contribution in [0.2, 0.25) is 0 Å². The predicted molar refractivity (Wildman–Crippen MR) is 91.8 cm³/mol. The van der Waals surface area contributed by atoms with Crippen molar-refractivity contribution in [1.29, 1.82) is 0 Å². The summed E-state index contributed by atoms with van der Waals surface area (Å²) in [5, 5.41) is 3.72. The third-order valence-electron chi connectivity index (χ3n) is 3.74. The van der Waals surface area contributed by atoms with Crippen molar-refractivity contribution in [2.24, 2.45) is 0 Å². The van der Waals surface area contributed by atoms with Gasteiger partial charge in [0.25, 0.3) is 6.47 Å². The minimum atomic E-state index is -0.765. The molecule has 2 N–H and O–H groups in total. The highest BCUT2D eigenvalue weighted by Crippen LogP contribution is 2.19. The molecule has 0 saturated carbocycles. The zero-order valence-corrected chi connectivity index (χ0v) is 14.1. The molecule has 7 heteroatoms. The van der Waals surface area contributed by atoms with Crippen LogP contribution in [0.5, 0.6) is 0 Å². The minimum Gasteiger partial charge on any atom is -0.468 e. The van der Waals surface area contributed by atoms with E-state index in [1.165, 1.54) is 0 Å². The molecule has 1 heterocycles. The van der Waals surface area contributed by atoms with E-state index in [-0.39, 0.29) is 25.5 Å². The number of fused-ring (bicyclic) bond motifs is 1. The minimum absolute atomic E-state index is 0.164. The van der Waals surface area contributed by atoms with Crippen LogP contribution < -0.4 is 5.32 Å². The number of rotatable bonds is 10. The summed E-state index contributed by atoms with van der Waals surface area (Å²) < 4.78 is 9.63. The van der Waals surface area contributed by atoms with Gasteiger partial charge in [-0.25, -0.2) is 4.79 Å². The standard InChI is InChI=1S/C18H22N2O5/c1-2-25-18(23)16(20-17(22)8-5-9-24-12-21)10-13-11-19-15-7-4-3-6-14(13)15/h3-4,6-7,11-12,16,19H,2,5,8-10H2,1H3,(H,20,22). The van der Waals surface area contributed by atoms with Crippen LogP contribution in [-0.2, 0) is 30.3 Å². The summed E-state index contributed by atoms with van der Waals surface area (Å²) in [5.41, 5.74) is 1.90. The number of carbonyl (C=O) groups is 3. The van der Waals surface area contributed by atoms with Gasteiger partial charge in [0.05, 0.1) is 13.2 Å². The van der Waals surface area contributed by atoms with Crippen molar-refractivity contribution in [3.8, 4) is 0 Å². The second-order valence-corrected chi connectivity index (χ2v) is 5.51. The maximum atomic E-state index is 12.2. The number of carbonyl (C=O) groups excluding carboxylic acids is 3. The van der Waals surface area contributed by atoms with Crippen LogP contribution in [0.1, 0.15) is 25.3 Å². The fraction of sp³-hybridized carbons (Fsp3) is 0.389. The maximum Gasteiger partial charge on any atom is 0.328 e. The molecule has 1 unspecified atom stereocenters. The second kappa shape index (κ2) is 9.46. The molecule has 0 bridgehead atoms. The van der Waals surface area contributed by atoms with Gasteiger partial charge in [-0.3, -0.25) is 9.59 Å². The van der Waals surface area contributed by atoms with E-state index in [0.29, 0.717) is 19.3 Å². The van der Waals surface area contributed by atoms with E-state index in [2.05, 4.69) is 15.0 Å². The largest absolute Gasteiger partial charge is 0.468 e. The molecule has 0 aliphatic carbocycles. The van der Waals surface area contributed by atoms with Gasteiger partial charge in [-0.1, -0.05) is 18.2 Å². The molecule has 0 radical (unpaired) electrons. The number of benzene rings is 1. The number of ether oxygens (including phenoxy) is 2. The van der Waals surface area contributed by atoms with E-state index in [9.17, 15) is 14.4 Å². The fourth-order valence-electron chi connectivity index (χ4n) is 2.59. The summed E-state index contributed by atoms with van der Waals surface area (Å²) >= 11 is 0. The van der Waals surface area contributed by atoms with Crippen LogP contribution in [0, 0.1) is 0 Å². The van der Waals surface area contributed by atoms with E-state index < -0.39 is 12.0 Å². The average molecular weight is 346 g/mol. The van der Waals surface area contributed by atoms with Crippen LogP contribution >= 0.6 is 0 Å². The number of aromatic nitrogens is 1. The molecule has 1 amide bonds. The molecular weight excluding hydrogens is 324 g/mol. The Bertz CT molecular complexity index is 725. The lowest BCUT2D eigenvalue weighted by Crippen LogP contribution is -2.43. The zero-order valence-electron chi connectivity index (χ0n) is 14.1. The first-order valence-corrected chi connectivity index (χ1v) is 8.22. The molecule has 1 aromatic heterocycles. The number of aromatic amines is 1. The Kier molecular flexibility index (Phi) is 7.00. The number of esters is 1. The maximum absolute atomic E-state index is 12.2. The Hall–Kier alpha value is -2.83. The van der Waals surface area contributed by atoms with Gasteiger partial charge in [0, 0.05) is 29.9 Å². The molecule has 0 fully saturated rings. The highest BCUT2D eigenvalue weighted by atomic mass is 16.5. The molecule has 0 saturated heterocycles. The Balaban J connectivity index is 2.04. The van der Waals surface area contributed by atoms with Crippen LogP contribution in [0.3, 0.4) is 0 Å². The Morgan fingerprint density at radius 3 is 2.88 bits per heavy atom. The summed E-state index contributed by atoms with van der Waals surface area (Å²) in [6.45, 7) is 2.48. The first kappa shape index (κ1) is 18.5. The Morgan fingerprint density at radius 2 is 2.12 bits per heavy atom. The lowest BCUT2D eigenvalue weighted by Gasteiger charge is -2.17. The van der Waals surface area contributed by atoms with E-state index in [0.717, 1.165) is 16.5 Å². The van der Waals surface area contributed by atoms with Gasteiger partial charge in [0.1, 0.15) is 6.04 Å². The topological polar surface area (TPSA) is 97.5 Å². The van der Waals surface area contributed by atoms with Crippen molar-refractivity contribution in [3.63, 3.8) is 0 Å². The van der Waals surface area contributed by atoms with Crippen molar-refractivity contribution >= 4 is 29.3 Å². The van der Waals surface area contributed by atoms with Crippen molar-refractivity contribution in [3.05, 3.63) is 36.0 Å². The van der Waals surface area contributed by atoms with Gasteiger partial charge in [-0.05, 0) is 25.0 Å². The van der Waals surface area contributed by atoms with Crippen molar-refractivity contribution in [2.45, 2.75) is 32.2 Å². The molecule has 0 spiro atoms. The van der Waals surface area contributed by atoms with E-state index in [4.69, 9.17) is 4.74 Å². The van der Waals surface area contributed by atoms with E-state index in [1.807, 2.05) is 30.5 Å². The highest BCUT2D eigenvalue weighted by Gasteiger charge is 2.23. The zero-order chi connectivity index (χ0) is 18.1. The van der Waals surface area contributed by atoms with Crippen molar-refractivity contribution in [1.82, 2.24) is 10.3 Å². The third-order valence-corrected chi connectivity index (χ3v) is 3.74. The summed E-state index contributed by atoms with van der Waals surface area (Å²) in [6.07, 6.45) is 2.73. The van der Waals surface area contributed by atoms with Gasteiger partial charge in [-0.2, -0.15) is 0 Å². The predicted octanol–water partition coefficient (Wildman–Crippen LogP) is 1.71. The summed E-state index contributed by atoms with van der Waals surface area (Å²) in [6, 6.07) is 6.99. The van der Waals surface area contributed by atoms with E-state index >= 15 is 0 Å². The summed E-state index contributed by atoms with van der Waals surface area (Å²) in [7, 11) is 0. The van der Waals surface area contributed by atoms with Gasteiger partial charge >= 0.3 is 5.97 Å². The first-order chi connectivity index (χ1) is 12.2. The number of hydrogen-bond acceptors (Lipinski definition) is 5. The monoisotopic (exact) mass is 346 g/mol. The van der Waals surface area contributed by atoms with E-state index in [1.54, 1.807) is 6.92 Å². The molecule has 1 aromatic carbocycles. The Labute approximate surface area is 145 Å². The Morgan fingerprint density at radius 1 is 1.32 bits per heavy atom. The molecule has 134 valence electrons. The van der Waals surface area contributed by atoms with Crippen molar-refractivity contribution < 1.29 is 23.9 Å². The second-order valence-electron chi connectivity index (χ2n) is 5.51. The lowest BCUT2D eigenvalue weighted by atomic mass is 10.0. The molecule has 2 aromatic rings. The number of para-hydroxylation sites is 1. The summed E-state index contributed by atoms with van der Waals surface area (Å²) in [4.78, 5) is 37.5. The third kappa shape index (κ3) is 5.34. The van der Waals surface area contributed by atoms with Gasteiger partial charge in [0.2, 0.25) is 5.91 Å². The van der Waals surface area contributed by atoms with Crippen LogP contribution in [-0.4, -0.2) is 42.6 Å². The van der Waals surface area contributed by atoms with Gasteiger partial charge in [0.15, 0.2) is 0 Å². The number of hydrogen-bond donors (Lipinski definition) is 2. The SMILES string of the molecule is CCOC(=O)C(Cc1c[nH]c2ccccc12)NC(=O)CCCOC=O. The highest BCUT2D eigenvalue weighted by molar-refractivity contribution is 5.87. The van der Waals surface area contributed by atoms with Crippen LogP contribution in [0.15, 0.2) is 30.5 Å². The average Bonchev–Trinajstić information content (AvgIpc) is 3.01. The molecular formula is C18H22N2O5. The molecule has 2 rings (SSSR count). The smallest absolute Gasteiger partial charge is 0.328 e. The lowest BCUT2D eigenvalue weighted by molar-refractivity contribution is -0.147. The fourth-order valence-corrected chi connectivity index (χ4v) is 2.59. The normalized spacial score (nSPS) is 11.7. The first-order valence-electron chi connectivity index (χ1n) is 8.22. The van der Waals surface area contributed by atoms with Gasteiger partial charge < -0.3 is 19.8 Å². The molecule has 0 aliphatic rings. The molecule has 7 nitrogen and oxygen atoms in total. The molecule has 1 atom stereocenters. The van der Waals surface area contributed by atoms with Crippen LogP contribution in [0.4, 0.5) is 0 Å². The number of nitrogens with one attached hydrogen (secondary N) is 2. The molecule has 0 aliphatic heterocycles.